The molecule has 0 aromatic heterocycles. The molecule has 1 rings (SSSR count). The Balaban J connectivity index is 0.000000261. The molecule has 0 unspecified atom stereocenters. The van der Waals surface area contributed by atoms with E-state index in [-0.39, 0.29) is 0 Å². The van der Waals surface area contributed by atoms with E-state index in [2.05, 4.69) is 31.7 Å². The molecule has 0 atom stereocenters. The van der Waals surface area contributed by atoms with Gasteiger partial charge in [0.25, 0.3) is 0 Å². The minimum Gasteiger partial charge on any atom is -0.330 e. The van der Waals surface area contributed by atoms with Gasteiger partial charge in [0.15, 0.2) is 0 Å². The Morgan fingerprint density at radius 1 is 1.25 bits per heavy atom. The van der Waals surface area contributed by atoms with Gasteiger partial charge < -0.3 is 5.73 Å². The van der Waals surface area contributed by atoms with Crippen LogP contribution in [0.25, 0.3) is 0 Å². The molecule has 0 saturated heterocycles. The van der Waals surface area contributed by atoms with E-state index in [9.17, 15) is 0 Å². The molecule has 0 heterocycles. The molecule has 1 aromatic rings. The smallest absolute Gasteiger partial charge is 0.0154 e. The minimum atomic E-state index is 0.819. The van der Waals surface area contributed by atoms with Gasteiger partial charge in [-0.3, -0.25) is 0 Å². The van der Waals surface area contributed by atoms with Crippen molar-refractivity contribution in [3.05, 3.63) is 35.9 Å². The lowest BCUT2D eigenvalue weighted by Gasteiger charge is -1.89. The Labute approximate surface area is 80.4 Å². The molecule has 2 N–H and O–H groups in total. The van der Waals surface area contributed by atoms with Gasteiger partial charge in [-0.2, -0.15) is 12.6 Å². The number of hydrogen-bond donors (Lipinski definition) is 2. The summed E-state index contributed by atoms with van der Waals surface area (Å²) in [5, 5.41) is 0. The molecule has 0 radical (unpaired) electrons. The van der Waals surface area contributed by atoms with E-state index in [0.29, 0.717) is 0 Å². The SMILES string of the molecule is CCCN.SCc1ccccc1. The quantitative estimate of drug-likeness (QED) is 0.677. The van der Waals surface area contributed by atoms with Crippen LogP contribution in [0.5, 0.6) is 0 Å². The fourth-order valence-electron chi connectivity index (χ4n) is 0.583. The summed E-state index contributed by atoms with van der Waals surface area (Å²) in [5.74, 6) is 0.834. The molecule has 0 aliphatic rings. The highest BCUT2D eigenvalue weighted by Gasteiger charge is 1.80. The van der Waals surface area contributed by atoms with Crippen LogP contribution in [0.2, 0.25) is 0 Å². The van der Waals surface area contributed by atoms with Crippen molar-refractivity contribution in [1.82, 2.24) is 0 Å². The second-order valence-electron chi connectivity index (χ2n) is 2.43. The van der Waals surface area contributed by atoms with Crippen LogP contribution in [-0.2, 0) is 5.75 Å². The van der Waals surface area contributed by atoms with Crippen molar-refractivity contribution in [2.75, 3.05) is 6.54 Å². The predicted octanol–water partition coefficient (Wildman–Crippen LogP) is 2.47. The second kappa shape index (κ2) is 8.62. The largest absolute Gasteiger partial charge is 0.330 e. The van der Waals surface area contributed by atoms with Crippen LogP contribution < -0.4 is 5.73 Å². The molecule has 12 heavy (non-hydrogen) atoms. The summed E-state index contributed by atoms with van der Waals surface area (Å²) in [5.41, 5.74) is 6.30. The zero-order chi connectivity index (χ0) is 9.23. The maximum absolute atomic E-state index is 5.03. The van der Waals surface area contributed by atoms with Gasteiger partial charge in [-0.1, -0.05) is 37.3 Å². The maximum Gasteiger partial charge on any atom is 0.0154 e. The molecule has 0 fully saturated rings. The van der Waals surface area contributed by atoms with Crippen LogP contribution >= 0.6 is 12.6 Å². The van der Waals surface area contributed by atoms with E-state index in [0.717, 1.165) is 18.7 Å². The monoisotopic (exact) mass is 183 g/mol. The van der Waals surface area contributed by atoms with Gasteiger partial charge in [-0.05, 0) is 18.5 Å². The first-order chi connectivity index (χ1) is 5.85. The average Bonchev–Trinajstić information content (AvgIpc) is 2.19. The summed E-state index contributed by atoms with van der Waals surface area (Å²) in [4.78, 5) is 0. The molecule has 0 amide bonds. The average molecular weight is 183 g/mol. The van der Waals surface area contributed by atoms with Gasteiger partial charge in [-0.25, -0.2) is 0 Å². The fraction of sp³-hybridized carbons (Fsp3) is 0.400. The standard InChI is InChI=1S/C7H8S.C3H9N/c8-6-7-4-2-1-3-5-7;1-2-3-4/h1-5,8H,6H2;2-4H2,1H3. The highest BCUT2D eigenvalue weighted by atomic mass is 32.1. The second-order valence-corrected chi connectivity index (χ2v) is 2.75. The molecule has 2 heteroatoms. The van der Waals surface area contributed by atoms with E-state index >= 15 is 0 Å². The molecular weight excluding hydrogens is 166 g/mol. The Morgan fingerprint density at radius 2 is 1.75 bits per heavy atom. The van der Waals surface area contributed by atoms with Gasteiger partial charge in [0, 0.05) is 5.75 Å². The van der Waals surface area contributed by atoms with E-state index in [1.54, 1.807) is 0 Å². The van der Waals surface area contributed by atoms with Crippen molar-refractivity contribution in [2.24, 2.45) is 5.73 Å². The first kappa shape index (κ1) is 11.5. The zero-order valence-electron chi connectivity index (χ0n) is 7.53. The summed E-state index contributed by atoms with van der Waals surface area (Å²) in [6, 6.07) is 10.2. The highest BCUT2D eigenvalue weighted by molar-refractivity contribution is 7.79. The fourth-order valence-corrected chi connectivity index (χ4v) is 0.794. The van der Waals surface area contributed by atoms with Crippen molar-refractivity contribution in [3.63, 3.8) is 0 Å². The van der Waals surface area contributed by atoms with E-state index in [4.69, 9.17) is 5.73 Å². The van der Waals surface area contributed by atoms with Crippen molar-refractivity contribution < 1.29 is 0 Å². The summed E-state index contributed by atoms with van der Waals surface area (Å²) >= 11 is 4.11. The van der Waals surface area contributed by atoms with Gasteiger partial charge in [0.1, 0.15) is 0 Å². The molecule has 0 saturated carbocycles. The Kier molecular flexibility index (Phi) is 8.29. The summed E-state index contributed by atoms with van der Waals surface area (Å²) in [7, 11) is 0. The Hall–Kier alpha value is -0.470. The highest BCUT2D eigenvalue weighted by Crippen LogP contribution is 2.00. The van der Waals surface area contributed by atoms with Crippen LogP contribution in [0, 0.1) is 0 Å². The van der Waals surface area contributed by atoms with E-state index < -0.39 is 0 Å². The van der Waals surface area contributed by atoms with E-state index in [1.165, 1.54) is 5.56 Å². The summed E-state index contributed by atoms with van der Waals surface area (Å²) < 4.78 is 0. The normalized spacial score (nSPS) is 8.58. The summed E-state index contributed by atoms with van der Waals surface area (Å²) in [6.07, 6.45) is 1.10. The Morgan fingerprint density at radius 3 is 2.00 bits per heavy atom. The Bertz CT molecular complexity index is 172. The van der Waals surface area contributed by atoms with Gasteiger partial charge in [-0.15, -0.1) is 0 Å². The predicted molar refractivity (Wildman–Crippen MR) is 58.5 cm³/mol. The maximum atomic E-state index is 5.03. The first-order valence-electron chi connectivity index (χ1n) is 4.20. The van der Waals surface area contributed by atoms with Crippen molar-refractivity contribution in [3.8, 4) is 0 Å². The molecule has 1 nitrogen and oxygen atoms in total. The van der Waals surface area contributed by atoms with Gasteiger partial charge >= 0.3 is 0 Å². The van der Waals surface area contributed by atoms with Crippen molar-refractivity contribution in [2.45, 2.75) is 19.1 Å². The molecule has 0 aliphatic carbocycles. The third-order valence-electron chi connectivity index (χ3n) is 1.31. The number of rotatable bonds is 2. The van der Waals surface area contributed by atoms with Crippen LogP contribution in [0.4, 0.5) is 0 Å². The lowest BCUT2D eigenvalue weighted by atomic mass is 10.2. The number of hydrogen-bond acceptors (Lipinski definition) is 2. The third-order valence-corrected chi connectivity index (χ3v) is 1.68. The lowest BCUT2D eigenvalue weighted by molar-refractivity contribution is 0.932. The zero-order valence-corrected chi connectivity index (χ0v) is 8.43. The minimum absolute atomic E-state index is 0.819. The van der Waals surface area contributed by atoms with Crippen LogP contribution in [0.1, 0.15) is 18.9 Å². The lowest BCUT2D eigenvalue weighted by Crippen LogP contribution is -1.93. The van der Waals surface area contributed by atoms with Crippen LogP contribution in [0.3, 0.4) is 0 Å². The topological polar surface area (TPSA) is 26.0 Å². The van der Waals surface area contributed by atoms with Crippen LogP contribution in [0.15, 0.2) is 30.3 Å². The molecule has 0 spiro atoms. The number of nitrogens with two attached hydrogens (primary N) is 1. The number of benzene rings is 1. The molecule has 0 aliphatic heterocycles. The summed E-state index contributed by atoms with van der Waals surface area (Å²) in [6.45, 7) is 2.88. The molecular formula is C10H17NS. The first-order valence-corrected chi connectivity index (χ1v) is 4.83. The van der Waals surface area contributed by atoms with Gasteiger partial charge in [0.05, 0.1) is 0 Å². The van der Waals surface area contributed by atoms with Crippen LogP contribution in [-0.4, -0.2) is 6.54 Å². The van der Waals surface area contributed by atoms with Crippen molar-refractivity contribution in [1.29, 1.82) is 0 Å². The molecule has 0 bridgehead atoms. The third kappa shape index (κ3) is 6.25. The molecule has 1 aromatic carbocycles. The number of thiol groups is 1. The van der Waals surface area contributed by atoms with Crippen molar-refractivity contribution >= 4 is 12.6 Å². The van der Waals surface area contributed by atoms with Gasteiger partial charge in [0.2, 0.25) is 0 Å². The van der Waals surface area contributed by atoms with E-state index in [1.807, 2.05) is 18.2 Å². The molecule has 68 valence electrons.